The van der Waals surface area contributed by atoms with Crippen molar-refractivity contribution < 1.29 is 9.47 Å². The second-order valence-corrected chi connectivity index (χ2v) is 13.2. The van der Waals surface area contributed by atoms with Crippen LogP contribution in [-0.4, -0.2) is 92.2 Å². The van der Waals surface area contributed by atoms with Crippen molar-refractivity contribution in [3.8, 4) is 12.1 Å². The summed E-state index contributed by atoms with van der Waals surface area (Å²) in [6.45, 7) is 8.19. The largest absolute Gasteiger partial charge is 0.462 e. The summed E-state index contributed by atoms with van der Waals surface area (Å²) in [4.78, 5) is 17.3. The molecule has 0 bridgehead atoms. The summed E-state index contributed by atoms with van der Waals surface area (Å²) in [6.07, 6.45) is 4.44. The Morgan fingerprint density at radius 2 is 1.96 bits per heavy atom. The van der Waals surface area contributed by atoms with E-state index in [-0.39, 0.29) is 12.0 Å². The van der Waals surface area contributed by atoms with E-state index < -0.39 is 0 Å². The molecule has 2 aromatic carbocycles. The minimum atomic E-state index is 0.0989. The molecule has 3 aromatic rings. The molecule has 0 radical (unpaired) electrons. The number of nitriles is 1. The molecular formula is C35H46N8O2S. The van der Waals surface area contributed by atoms with E-state index in [0.29, 0.717) is 56.4 Å². The molecule has 11 heteroatoms. The first kappa shape index (κ1) is 32.2. The summed E-state index contributed by atoms with van der Waals surface area (Å²) in [5.41, 5.74) is 4.74. The fourth-order valence-electron chi connectivity index (χ4n) is 7.27. The molecule has 0 aliphatic carbocycles. The number of nitrogens with zero attached hydrogens (tertiary/aromatic N) is 6. The Balaban J connectivity index is 1.27. The molecule has 244 valence electrons. The van der Waals surface area contributed by atoms with Crippen LogP contribution in [0.2, 0.25) is 0 Å². The third-order valence-corrected chi connectivity index (χ3v) is 10.1. The highest BCUT2D eigenvalue weighted by Crippen LogP contribution is 2.36. The minimum absolute atomic E-state index is 0.0989. The van der Waals surface area contributed by atoms with Gasteiger partial charge in [-0.15, -0.1) is 0 Å². The van der Waals surface area contributed by atoms with Crippen LogP contribution in [0, 0.1) is 24.2 Å². The maximum absolute atomic E-state index is 9.75. The number of methoxy groups -OCH3 is 1. The number of thiocarbonyl (C=S) groups is 1. The maximum Gasteiger partial charge on any atom is 0.318 e. The number of ether oxygens (including phenoxy) is 2. The summed E-state index contributed by atoms with van der Waals surface area (Å²) in [7, 11) is 3.84. The van der Waals surface area contributed by atoms with Gasteiger partial charge in [-0.1, -0.05) is 30.3 Å². The van der Waals surface area contributed by atoms with Crippen LogP contribution in [0.3, 0.4) is 0 Å². The number of aromatic nitrogens is 2. The molecule has 2 N–H and O–H groups in total. The molecule has 0 saturated carbocycles. The van der Waals surface area contributed by atoms with Crippen molar-refractivity contribution in [3.05, 3.63) is 53.2 Å². The van der Waals surface area contributed by atoms with Gasteiger partial charge in [0.05, 0.1) is 24.9 Å². The summed E-state index contributed by atoms with van der Waals surface area (Å²) in [5.74, 6) is 1.05. The van der Waals surface area contributed by atoms with Gasteiger partial charge in [-0.2, -0.15) is 15.2 Å². The second-order valence-electron chi connectivity index (χ2n) is 12.8. The van der Waals surface area contributed by atoms with Gasteiger partial charge in [0.2, 0.25) is 0 Å². The van der Waals surface area contributed by atoms with Crippen LogP contribution in [0.5, 0.6) is 6.01 Å². The first-order valence-electron chi connectivity index (χ1n) is 16.6. The van der Waals surface area contributed by atoms with Crippen LogP contribution in [0.4, 0.5) is 11.5 Å². The number of likely N-dealkylation sites (tertiary alicyclic amines) is 1. The monoisotopic (exact) mass is 642 g/mol. The van der Waals surface area contributed by atoms with Crippen LogP contribution in [0.25, 0.3) is 10.8 Å². The van der Waals surface area contributed by atoms with Crippen molar-refractivity contribution in [2.75, 3.05) is 69.9 Å². The second kappa shape index (κ2) is 14.8. The van der Waals surface area contributed by atoms with E-state index in [0.717, 1.165) is 50.4 Å². The van der Waals surface area contributed by atoms with Crippen molar-refractivity contribution in [3.63, 3.8) is 0 Å². The summed E-state index contributed by atoms with van der Waals surface area (Å²) in [5, 5.41) is 19.6. The number of hydrogen-bond acceptors (Lipinski definition) is 9. The number of hydrogen-bond donors (Lipinski definition) is 2. The number of likely N-dealkylation sites (N-methyl/N-ethyl adjacent to an activating group) is 1. The summed E-state index contributed by atoms with van der Waals surface area (Å²) < 4.78 is 11.5. The normalized spacial score (nSPS) is 21.6. The molecule has 6 rings (SSSR count). The number of nitrogens with one attached hydrogen (secondary N) is 2. The smallest absolute Gasteiger partial charge is 0.318 e. The first-order chi connectivity index (χ1) is 22.4. The van der Waals surface area contributed by atoms with Gasteiger partial charge in [-0.25, -0.2) is 0 Å². The number of anilines is 2. The summed E-state index contributed by atoms with van der Waals surface area (Å²) >= 11 is 5.56. The Labute approximate surface area is 278 Å². The molecule has 3 aliphatic heterocycles. The standard InChI is InChI=1S/C35H46N8O2S/c1-24-7-4-8-25-9-5-11-31(32(24)25)42-18-13-28-30(22-42)38-34(45-23-27-10-6-17-41(27)2)40-33(28)43-19-14-29(26(21-43)12-15-36)39-35(46)37-16-20-44-3/h4-5,7-9,11,26-27,29H,6,10,12-14,16-23H2,1-3H3,(H2,37,39,46)/t26-,27-,29+/m0/s1. The zero-order chi connectivity index (χ0) is 32.0. The van der Waals surface area contributed by atoms with E-state index in [4.69, 9.17) is 31.7 Å². The maximum atomic E-state index is 9.75. The van der Waals surface area contributed by atoms with Crippen LogP contribution in [0.15, 0.2) is 36.4 Å². The number of aryl methyl sites for hydroxylation is 1. The Morgan fingerprint density at radius 1 is 1.11 bits per heavy atom. The fraction of sp³-hybridized carbons (Fsp3) is 0.543. The molecule has 0 unspecified atom stereocenters. The van der Waals surface area contributed by atoms with Gasteiger partial charge in [-0.05, 0) is 75.4 Å². The molecule has 10 nitrogen and oxygen atoms in total. The van der Waals surface area contributed by atoms with Crippen LogP contribution >= 0.6 is 12.2 Å². The van der Waals surface area contributed by atoms with E-state index in [1.807, 2.05) is 0 Å². The molecule has 3 aliphatic rings. The molecule has 0 amide bonds. The third kappa shape index (κ3) is 7.14. The SMILES string of the molecule is COCCNC(=S)N[C@@H]1CCN(c2nc(OC[C@@H]3CCCN3C)nc3c2CCN(c2cccc4cccc(C)c24)C3)C[C@@H]1CC#N. The third-order valence-electron chi connectivity index (χ3n) is 9.83. The average molecular weight is 643 g/mol. The lowest BCUT2D eigenvalue weighted by molar-refractivity contribution is 0.187. The lowest BCUT2D eigenvalue weighted by atomic mass is 9.89. The van der Waals surface area contributed by atoms with Gasteiger partial charge in [0.25, 0.3) is 0 Å². The molecule has 2 saturated heterocycles. The minimum Gasteiger partial charge on any atom is -0.462 e. The number of fused-ring (bicyclic) bond motifs is 2. The van der Waals surface area contributed by atoms with Crippen LogP contribution in [-0.2, 0) is 17.7 Å². The number of benzene rings is 2. The van der Waals surface area contributed by atoms with Crippen LogP contribution in [0.1, 0.15) is 42.5 Å². The molecular weight excluding hydrogens is 597 g/mol. The van der Waals surface area contributed by atoms with E-state index >= 15 is 0 Å². The van der Waals surface area contributed by atoms with Crippen molar-refractivity contribution >= 4 is 39.6 Å². The Bertz CT molecular complexity index is 1570. The van der Waals surface area contributed by atoms with Crippen molar-refractivity contribution in [1.29, 1.82) is 5.26 Å². The highest BCUT2D eigenvalue weighted by atomic mass is 32.1. The molecule has 1 aromatic heterocycles. The van der Waals surface area contributed by atoms with E-state index in [9.17, 15) is 5.26 Å². The molecule has 2 fully saturated rings. The zero-order valence-corrected chi connectivity index (χ0v) is 28.1. The summed E-state index contributed by atoms with van der Waals surface area (Å²) in [6, 6.07) is 16.4. The quantitative estimate of drug-likeness (QED) is 0.246. The van der Waals surface area contributed by atoms with Crippen molar-refractivity contribution in [1.82, 2.24) is 25.5 Å². The van der Waals surface area contributed by atoms with Crippen LogP contribution < -0.4 is 25.2 Å². The number of rotatable bonds is 10. The van der Waals surface area contributed by atoms with E-state index in [1.165, 1.54) is 34.0 Å². The van der Waals surface area contributed by atoms with Gasteiger partial charge in [-0.3, -0.25) is 0 Å². The van der Waals surface area contributed by atoms with Gasteiger partial charge >= 0.3 is 6.01 Å². The molecule has 3 atom stereocenters. The van der Waals surface area contributed by atoms with Gasteiger partial charge in [0.15, 0.2) is 5.11 Å². The highest BCUT2D eigenvalue weighted by molar-refractivity contribution is 7.80. The molecule has 0 spiro atoms. The highest BCUT2D eigenvalue weighted by Gasteiger charge is 2.34. The van der Waals surface area contributed by atoms with Gasteiger partial charge in [0, 0.05) is 74.3 Å². The van der Waals surface area contributed by atoms with Crippen molar-refractivity contribution in [2.24, 2.45) is 5.92 Å². The first-order valence-corrected chi connectivity index (χ1v) is 17.0. The Hall–Kier alpha value is -3.72. The predicted octanol–water partition coefficient (Wildman–Crippen LogP) is 4.19. The van der Waals surface area contributed by atoms with E-state index in [2.05, 4.69) is 81.8 Å². The molecule has 46 heavy (non-hydrogen) atoms. The average Bonchev–Trinajstić information content (AvgIpc) is 3.48. The van der Waals surface area contributed by atoms with Gasteiger partial charge < -0.3 is 34.8 Å². The Morgan fingerprint density at radius 3 is 2.74 bits per heavy atom. The van der Waals surface area contributed by atoms with Crippen molar-refractivity contribution in [2.45, 2.75) is 57.7 Å². The van der Waals surface area contributed by atoms with E-state index in [1.54, 1.807) is 7.11 Å². The van der Waals surface area contributed by atoms with Gasteiger partial charge in [0.1, 0.15) is 12.4 Å². The number of piperidine rings is 1. The zero-order valence-electron chi connectivity index (χ0n) is 27.3. The Kier molecular flexibility index (Phi) is 10.4. The molecule has 4 heterocycles. The topological polar surface area (TPSA) is 102 Å². The lowest BCUT2D eigenvalue weighted by Gasteiger charge is -2.41. The predicted molar refractivity (Wildman–Crippen MR) is 187 cm³/mol. The fourth-order valence-corrected chi connectivity index (χ4v) is 7.53. The lowest BCUT2D eigenvalue weighted by Crippen LogP contribution is -2.53.